The van der Waals surface area contributed by atoms with Crippen LogP contribution >= 0.6 is 15.9 Å². The minimum absolute atomic E-state index is 0.235. The van der Waals surface area contributed by atoms with Crippen molar-refractivity contribution in [3.8, 4) is 23.0 Å². The van der Waals surface area contributed by atoms with Crippen LogP contribution in [0.15, 0.2) is 35.1 Å². The van der Waals surface area contributed by atoms with Crippen molar-refractivity contribution in [1.82, 2.24) is 24.5 Å². The summed E-state index contributed by atoms with van der Waals surface area (Å²) >= 11 is 3.52. The number of nitrogens with zero attached hydrogens (tertiary/aromatic N) is 5. The van der Waals surface area contributed by atoms with Gasteiger partial charge in [-0.2, -0.15) is 10.2 Å². The number of hydrogen-bond donors (Lipinski definition) is 0. The molecule has 23 heavy (non-hydrogen) atoms. The van der Waals surface area contributed by atoms with Crippen molar-refractivity contribution < 1.29 is 4.74 Å². The van der Waals surface area contributed by atoms with Crippen molar-refractivity contribution >= 4 is 15.9 Å². The van der Waals surface area contributed by atoms with Crippen LogP contribution in [0.2, 0.25) is 0 Å². The maximum absolute atomic E-state index is 5.82. The molecule has 0 N–H and O–H groups in total. The van der Waals surface area contributed by atoms with Crippen molar-refractivity contribution in [2.75, 3.05) is 6.61 Å². The standard InChI is InChI=1S/C16H16BrN5O/c1-10(2)21-16(18-9-19-21)13-8-12-5-6-23-15-4-3-11(17)7-14(15)22(12)20-13/h3-4,7-10H,5-6H2,1-2H3. The SMILES string of the molecule is CC(C)n1ncnc1-c1cc2n(n1)-c1cc(Br)ccc1OCC2. The van der Waals surface area contributed by atoms with Gasteiger partial charge < -0.3 is 4.74 Å². The number of benzene rings is 1. The number of halogens is 1. The van der Waals surface area contributed by atoms with Gasteiger partial charge in [-0.3, -0.25) is 0 Å². The van der Waals surface area contributed by atoms with E-state index >= 15 is 0 Å². The topological polar surface area (TPSA) is 57.8 Å². The normalized spacial score (nSPS) is 13.4. The Balaban J connectivity index is 1.87. The van der Waals surface area contributed by atoms with E-state index in [2.05, 4.69) is 45.9 Å². The largest absolute Gasteiger partial charge is 0.491 e. The maximum Gasteiger partial charge on any atom is 0.178 e. The smallest absolute Gasteiger partial charge is 0.178 e. The predicted octanol–water partition coefficient (Wildman–Crippen LogP) is 3.41. The van der Waals surface area contributed by atoms with E-state index in [4.69, 9.17) is 9.84 Å². The molecular weight excluding hydrogens is 358 g/mol. The number of fused-ring (bicyclic) bond motifs is 3. The number of rotatable bonds is 2. The fourth-order valence-corrected chi connectivity index (χ4v) is 3.12. The molecule has 0 atom stereocenters. The first-order valence-electron chi connectivity index (χ1n) is 7.55. The molecule has 1 aliphatic heterocycles. The van der Waals surface area contributed by atoms with Gasteiger partial charge in [0.05, 0.1) is 6.61 Å². The summed E-state index contributed by atoms with van der Waals surface area (Å²) in [5.74, 6) is 1.63. The third kappa shape index (κ3) is 2.45. The molecule has 0 spiro atoms. The monoisotopic (exact) mass is 373 g/mol. The third-order valence-electron chi connectivity index (χ3n) is 3.84. The number of ether oxygens (including phenoxy) is 1. The molecule has 3 aromatic rings. The van der Waals surface area contributed by atoms with Crippen LogP contribution in [-0.2, 0) is 6.42 Å². The van der Waals surface area contributed by atoms with Crippen LogP contribution < -0.4 is 4.74 Å². The van der Waals surface area contributed by atoms with Gasteiger partial charge in [0.25, 0.3) is 0 Å². The Morgan fingerprint density at radius 3 is 2.96 bits per heavy atom. The fourth-order valence-electron chi connectivity index (χ4n) is 2.77. The van der Waals surface area contributed by atoms with E-state index in [9.17, 15) is 0 Å². The molecule has 0 fully saturated rings. The second-order valence-corrected chi connectivity index (χ2v) is 6.68. The van der Waals surface area contributed by atoms with Gasteiger partial charge in [0.2, 0.25) is 0 Å². The average Bonchev–Trinajstić information content (AvgIpc) is 3.12. The summed E-state index contributed by atoms with van der Waals surface area (Å²) in [6, 6.07) is 8.27. The second kappa shape index (κ2) is 5.49. The molecular formula is C16H16BrN5O. The highest BCUT2D eigenvalue weighted by Crippen LogP contribution is 2.31. The zero-order valence-electron chi connectivity index (χ0n) is 12.9. The van der Waals surface area contributed by atoms with Crippen LogP contribution in [0.25, 0.3) is 17.2 Å². The molecule has 0 unspecified atom stereocenters. The lowest BCUT2D eigenvalue weighted by Gasteiger charge is -2.09. The van der Waals surface area contributed by atoms with Gasteiger partial charge in [0, 0.05) is 22.6 Å². The van der Waals surface area contributed by atoms with Crippen LogP contribution in [0.1, 0.15) is 25.6 Å². The molecule has 0 saturated carbocycles. The van der Waals surface area contributed by atoms with Crippen molar-refractivity contribution in [3.05, 3.63) is 40.8 Å². The van der Waals surface area contributed by atoms with Crippen molar-refractivity contribution in [2.24, 2.45) is 0 Å². The summed E-state index contributed by atoms with van der Waals surface area (Å²) < 4.78 is 10.7. The second-order valence-electron chi connectivity index (χ2n) is 5.77. The highest BCUT2D eigenvalue weighted by atomic mass is 79.9. The zero-order valence-corrected chi connectivity index (χ0v) is 14.5. The summed E-state index contributed by atoms with van der Waals surface area (Å²) in [5, 5.41) is 9.07. The Morgan fingerprint density at radius 2 is 2.13 bits per heavy atom. The lowest BCUT2D eigenvalue weighted by Crippen LogP contribution is -2.06. The van der Waals surface area contributed by atoms with E-state index in [1.165, 1.54) is 0 Å². The molecule has 0 amide bonds. The lowest BCUT2D eigenvalue weighted by molar-refractivity contribution is 0.326. The summed E-state index contributed by atoms with van der Waals surface area (Å²) in [6.07, 6.45) is 2.38. The molecule has 7 heteroatoms. The molecule has 4 rings (SSSR count). The van der Waals surface area contributed by atoms with Gasteiger partial charge in [-0.15, -0.1) is 0 Å². The van der Waals surface area contributed by atoms with Crippen LogP contribution in [0.5, 0.6) is 5.75 Å². The average molecular weight is 374 g/mol. The summed E-state index contributed by atoms with van der Waals surface area (Å²) in [4.78, 5) is 4.38. The highest BCUT2D eigenvalue weighted by molar-refractivity contribution is 9.10. The van der Waals surface area contributed by atoms with E-state index in [1.54, 1.807) is 6.33 Å². The quantitative estimate of drug-likeness (QED) is 0.690. The summed E-state index contributed by atoms with van der Waals surface area (Å²) in [5.41, 5.74) is 2.88. The number of aromatic nitrogens is 5. The van der Waals surface area contributed by atoms with E-state index in [1.807, 2.05) is 27.6 Å². The fraction of sp³-hybridized carbons (Fsp3) is 0.312. The molecule has 118 valence electrons. The maximum atomic E-state index is 5.82. The van der Waals surface area contributed by atoms with Gasteiger partial charge in [-0.1, -0.05) is 15.9 Å². The van der Waals surface area contributed by atoms with E-state index < -0.39 is 0 Å². The summed E-state index contributed by atoms with van der Waals surface area (Å²) in [7, 11) is 0. The lowest BCUT2D eigenvalue weighted by atomic mass is 10.2. The van der Waals surface area contributed by atoms with Crippen LogP contribution in [0.3, 0.4) is 0 Å². The van der Waals surface area contributed by atoms with Crippen LogP contribution in [0.4, 0.5) is 0 Å². The van der Waals surface area contributed by atoms with E-state index in [-0.39, 0.29) is 6.04 Å². The molecule has 1 aromatic carbocycles. The zero-order chi connectivity index (χ0) is 16.0. The minimum atomic E-state index is 0.235. The predicted molar refractivity (Wildman–Crippen MR) is 89.9 cm³/mol. The Hall–Kier alpha value is -2.15. The van der Waals surface area contributed by atoms with Gasteiger partial charge in [-0.25, -0.2) is 14.3 Å². The van der Waals surface area contributed by atoms with Crippen molar-refractivity contribution in [1.29, 1.82) is 0 Å². The first-order valence-corrected chi connectivity index (χ1v) is 8.34. The first kappa shape index (κ1) is 14.4. The van der Waals surface area contributed by atoms with Crippen molar-refractivity contribution in [3.63, 3.8) is 0 Å². The van der Waals surface area contributed by atoms with Crippen molar-refractivity contribution in [2.45, 2.75) is 26.3 Å². The number of hydrogen-bond acceptors (Lipinski definition) is 4. The van der Waals surface area contributed by atoms with E-state index in [0.717, 1.165) is 39.5 Å². The molecule has 0 bridgehead atoms. The van der Waals surface area contributed by atoms with Gasteiger partial charge >= 0.3 is 0 Å². The van der Waals surface area contributed by atoms with E-state index in [0.29, 0.717) is 6.61 Å². The molecule has 2 aromatic heterocycles. The summed E-state index contributed by atoms with van der Waals surface area (Å²) in [6.45, 7) is 4.80. The van der Waals surface area contributed by atoms with Crippen LogP contribution in [0, 0.1) is 0 Å². The Kier molecular flexibility index (Phi) is 3.45. The Labute approximate surface area is 142 Å². The molecule has 3 heterocycles. The van der Waals surface area contributed by atoms with Crippen LogP contribution in [-0.4, -0.2) is 31.2 Å². The Morgan fingerprint density at radius 1 is 1.26 bits per heavy atom. The third-order valence-corrected chi connectivity index (χ3v) is 4.33. The molecule has 0 aliphatic carbocycles. The molecule has 0 radical (unpaired) electrons. The highest BCUT2D eigenvalue weighted by Gasteiger charge is 2.21. The molecule has 6 nitrogen and oxygen atoms in total. The molecule has 0 saturated heterocycles. The van der Waals surface area contributed by atoms with Gasteiger partial charge in [0.1, 0.15) is 23.5 Å². The molecule has 1 aliphatic rings. The minimum Gasteiger partial charge on any atom is -0.491 e. The first-order chi connectivity index (χ1) is 11.1. The van der Waals surface area contributed by atoms with Gasteiger partial charge in [0.15, 0.2) is 5.82 Å². The Bertz CT molecular complexity index is 867. The van der Waals surface area contributed by atoms with Gasteiger partial charge in [-0.05, 0) is 38.1 Å².